The maximum absolute atomic E-state index is 6.67. The second-order valence-electron chi connectivity index (χ2n) is 1.29. The SMILES string of the molecule is C/N=C\N=C(\C)C=N. The van der Waals surface area contributed by atoms with Crippen molar-refractivity contribution in [1.82, 2.24) is 0 Å². The molecule has 0 aliphatic carbocycles. The molecule has 44 valence electrons. The Hall–Kier alpha value is -0.990. The third kappa shape index (κ3) is 3.21. The van der Waals surface area contributed by atoms with Crippen molar-refractivity contribution in [2.24, 2.45) is 9.98 Å². The molecule has 0 aromatic heterocycles. The van der Waals surface area contributed by atoms with E-state index < -0.39 is 0 Å². The molecule has 0 aliphatic heterocycles. The highest BCUT2D eigenvalue weighted by Crippen LogP contribution is 1.66. The second-order valence-corrected chi connectivity index (χ2v) is 1.29. The van der Waals surface area contributed by atoms with E-state index in [9.17, 15) is 0 Å². The number of aliphatic imine (C=N–C) groups is 2. The van der Waals surface area contributed by atoms with Crippen LogP contribution in [-0.2, 0) is 0 Å². The number of hydrogen-bond donors (Lipinski definition) is 1. The Bertz CT molecular complexity index is 124. The van der Waals surface area contributed by atoms with Crippen LogP contribution in [0.4, 0.5) is 0 Å². The minimum Gasteiger partial charge on any atom is -0.307 e. The van der Waals surface area contributed by atoms with Gasteiger partial charge in [0, 0.05) is 13.3 Å². The van der Waals surface area contributed by atoms with Crippen molar-refractivity contribution in [2.75, 3.05) is 7.05 Å². The molecular formula is C5H9N3. The summed E-state index contributed by atoms with van der Waals surface area (Å²) in [5.74, 6) is 0. The molecule has 0 heterocycles. The number of nitrogens with zero attached hydrogens (tertiary/aromatic N) is 2. The number of hydrogen-bond acceptors (Lipinski definition) is 2. The first-order valence-electron chi connectivity index (χ1n) is 2.26. The zero-order chi connectivity index (χ0) is 6.41. The topological polar surface area (TPSA) is 48.6 Å². The molecule has 1 N–H and O–H groups in total. The Morgan fingerprint density at radius 2 is 2.25 bits per heavy atom. The van der Waals surface area contributed by atoms with E-state index in [-0.39, 0.29) is 0 Å². The first kappa shape index (κ1) is 7.01. The Morgan fingerprint density at radius 3 is 2.62 bits per heavy atom. The summed E-state index contributed by atoms with van der Waals surface area (Å²) in [6.07, 6.45) is 2.60. The van der Waals surface area contributed by atoms with Gasteiger partial charge in [-0.25, -0.2) is 4.99 Å². The van der Waals surface area contributed by atoms with Crippen molar-refractivity contribution in [2.45, 2.75) is 6.92 Å². The van der Waals surface area contributed by atoms with Crippen LogP contribution in [0.15, 0.2) is 9.98 Å². The number of rotatable bonds is 2. The molecule has 0 saturated heterocycles. The average Bonchev–Trinajstić information content (AvgIpc) is 1.83. The summed E-state index contributed by atoms with van der Waals surface area (Å²) in [6.45, 7) is 1.74. The Kier molecular flexibility index (Phi) is 3.66. The lowest BCUT2D eigenvalue weighted by atomic mass is 10.5. The van der Waals surface area contributed by atoms with Gasteiger partial charge in [-0.3, -0.25) is 4.99 Å². The summed E-state index contributed by atoms with van der Waals surface area (Å²) >= 11 is 0. The molecule has 0 saturated carbocycles. The highest BCUT2D eigenvalue weighted by atomic mass is 14.8. The summed E-state index contributed by atoms with van der Waals surface area (Å²) in [7, 11) is 1.64. The van der Waals surface area contributed by atoms with Crippen LogP contribution >= 0.6 is 0 Å². The zero-order valence-electron chi connectivity index (χ0n) is 5.05. The van der Waals surface area contributed by atoms with E-state index in [4.69, 9.17) is 5.41 Å². The van der Waals surface area contributed by atoms with Gasteiger partial charge < -0.3 is 5.41 Å². The summed E-state index contributed by atoms with van der Waals surface area (Å²) in [5, 5.41) is 6.67. The van der Waals surface area contributed by atoms with Crippen molar-refractivity contribution in [3.8, 4) is 0 Å². The third-order valence-corrected chi connectivity index (χ3v) is 0.586. The molecule has 0 spiro atoms. The van der Waals surface area contributed by atoms with Gasteiger partial charge in [0.05, 0.1) is 5.71 Å². The van der Waals surface area contributed by atoms with Gasteiger partial charge in [0.2, 0.25) is 0 Å². The molecule has 0 aromatic carbocycles. The van der Waals surface area contributed by atoms with Crippen LogP contribution in [0, 0.1) is 5.41 Å². The Morgan fingerprint density at radius 1 is 1.62 bits per heavy atom. The van der Waals surface area contributed by atoms with E-state index in [2.05, 4.69) is 9.98 Å². The molecule has 0 aromatic rings. The average molecular weight is 111 g/mol. The van der Waals surface area contributed by atoms with Crippen molar-refractivity contribution < 1.29 is 0 Å². The molecule has 0 radical (unpaired) electrons. The standard InChI is InChI=1S/C5H9N3/c1-5(3-6)8-4-7-2/h3-4,6H,1-2H3/b6-3?,7-4-,8-5-. The molecule has 0 unspecified atom stereocenters. The normalized spacial score (nSPS) is 12.5. The smallest absolute Gasteiger partial charge is 0.109 e. The molecule has 0 fully saturated rings. The van der Waals surface area contributed by atoms with Gasteiger partial charge in [-0.15, -0.1) is 0 Å². The van der Waals surface area contributed by atoms with E-state index in [0.717, 1.165) is 0 Å². The van der Waals surface area contributed by atoms with Crippen LogP contribution in [0.25, 0.3) is 0 Å². The predicted molar refractivity (Wildman–Crippen MR) is 36.3 cm³/mol. The highest BCUT2D eigenvalue weighted by Gasteiger charge is 1.74. The fourth-order valence-electron chi connectivity index (χ4n) is 0.186. The third-order valence-electron chi connectivity index (χ3n) is 0.586. The fraction of sp³-hybridized carbons (Fsp3) is 0.400. The summed E-state index contributed by atoms with van der Waals surface area (Å²) in [4.78, 5) is 7.35. The maximum atomic E-state index is 6.67. The van der Waals surface area contributed by atoms with E-state index in [0.29, 0.717) is 5.71 Å². The summed E-state index contributed by atoms with van der Waals surface area (Å²) in [6, 6.07) is 0. The predicted octanol–water partition coefficient (Wildman–Crippen LogP) is 0.755. The van der Waals surface area contributed by atoms with Crippen LogP contribution in [-0.4, -0.2) is 25.3 Å². The van der Waals surface area contributed by atoms with E-state index in [1.54, 1.807) is 14.0 Å². The molecule has 3 heteroatoms. The molecule has 0 atom stereocenters. The molecule has 0 aliphatic rings. The van der Waals surface area contributed by atoms with E-state index in [1.165, 1.54) is 12.6 Å². The van der Waals surface area contributed by atoms with Gasteiger partial charge in [0.1, 0.15) is 6.34 Å². The van der Waals surface area contributed by atoms with Gasteiger partial charge in [0.15, 0.2) is 0 Å². The van der Waals surface area contributed by atoms with Gasteiger partial charge in [-0.1, -0.05) is 0 Å². The largest absolute Gasteiger partial charge is 0.307 e. The van der Waals surface area contributed by atoms with Crippen LogP contribution in [0.1, 0.15) is 6.92 Å². The molecule has 3 nitrogen and oxygen atoms in total. The first-order chi connectivity index (χ1) is 3.81. The van der Waals surface area contributed by atoms with Gasteiger partial charge in [-0.2, -0.15) is 0 Å². The van der Waals surface area contributed by atoms with E-state index >= 15 is 0 Å². The van der Waals surface area contributed by atoms with Crippen molar-refractivity contribution in [1.29, 1.82) is 5.41 Å². The number of nitrogens with one attached hydrogen (secondary N) is 1. The van der Waals surface area contributed by atoms with Crippen LogP contribution in [0.2, 0.25) is 0 Å². The lowest BCUT2D eigenvalue weighted by molar-refractivity contribution is 1.44. The summed E-state index contributed by atoms with van der Waals surface area (Å²) in [5.41, 5.74) is 0.663. The second kappa shape index (κ2) is 4.18. The van der Waals surface area contributed by atoms with Crippen LogP contribution in [0.3, 0.4) is 0 Å². The Balaban J connectivity index is 3.74. The molecular weight excluding hydrogens is 102 g/mol. The monoisotopic (exact) mass is 111 g/mol. The van der Waals surface area contributed by atoms with Crippen molar-refractivity contribution in [3.63, 3.8) is 0 Å². The van der Waals surface area contributed by atoms with Gasteiger partial charge in [-0.05, 0) is 6.92 Å². The van der Waals surface area contributed by atoms with Crippen molar-refractivity contribution in [3.05, 3.63) is 0 Å². The van der Waals surface area contributed by atoms with Crippen LogP contribution in [0.5, 0.6) is 0 Å². The summed E-state index contributed by atoms with van der Waals surface area (Å²) < 4.78 is 0. The lowest BCUT2D eigenvalue weighted by Crippen LogP contribution is -1.89. The maximum Gasteiger partial charge on any atom is 0.109 e. The molecule has 0 bridgehead atoms. The van der Waals surface area contributed by atoms with Crippen molar-refractivity contribution >= 4 is 18.3 Å². The quantitative estimate of drug-likeness (QED) is 0.404. The Labute approximate surface area is 48.7 Å². The fourth-order valence-corrected chi connectivity index (χ4v) is 0.186. The first-order valence-corrected chi connectivity index (χ1v) is 2.26. The molecule has 0 rings (SSSR count). The zero-order valence-corrected chi connectivity index (χ0v) is 5.05. The van der Waals surface area contributed by atoms with E-state index in [1.807, 2.05) is 0 Å². The minimum absolute atomic E-state index is 0.663. The molecule has 8 heavy (non-hydrogen) atoms. The lowest BCUT2D eigenvalue weighted by Gasteiger charge is -1.79. The minimum atomic E-state index is 0.663. The molecule has 0 amide bonds. The van der Waals surface area contributed by atoms with Crippen LogP contribution < -0.4 is 0 Å². The van der Waals surface area contributed by atoms with Gasteiger partial charge in [0.25, 0.3) is 0 Å². The van der Waals surface area contributed by atoms with Gasteiger partial charge >= 0.3 is 0 Å². The highest BCUT2D eigenvalue weighted by molar-refractivity contribution is 6.29.